The van der Waals surface area contributed by atoms with Crippen LogP contribution in [0.25, 0.3) is 5.69 Å². The summed E-state index contributed by atoms with van der Waals surface area (Å²) in [6.07, 6.45) is 1.90. The minimum atomic E-state index is -0.242. The molecule has 1 aromatic carbocycles. The highest BCUT2D eigenvalue weighted by atomic mass is 19.1. The Kier molecular flexibility index (Phi) is 3.65. The molecule has 0 atom stereocenters. The first-order chi connectivity index (χ1) is 8.56. The number of hydrogen-bond acceptors (Lipinski definition) is 2. The monoisotopic (exact) mass is 247 g/mol. The highest BCUT2D eigenvalue weighted by molar-refractivity contribution is 5.43. The molecule has 1 aromatic heterocycles. The summed E-state index contributed by atoms with van der Waals surface area (Å²) in [6, 6.07) is 6.51. The Morgan fingerprint density at radius 1 is 1.39 bits per heavy atom. The summed E-state index contributed by atoms with van der Waals surface area (Å²) in [7, 11) is 0. The van der Waals surface area contributed by atoms with Crippen LogP contribution in [0, 0.1) is 18.7 Å². The number of anilines is 1. The second-order valence-electron chi connectivity index (χ2n) is 4.83. The molecular formula is C14H18FN3. The summed E-state index contributed by atoms with van der Waals surface area (Å²) in [5.41, 5.74) is 1.69. The maximum Gasteiger partial charge on any atom is 0.207 e. The highest BCUT2D eigenvalue weighted by Crippen LogP contribution is 2.17. The fourth-order valence-electron chi connectivity index (χ4n) is 1.74. The van der Waals surface area contributed by atoms with Gasteiger partial charge in [-0.15, -0.1) is 0 Å². The first-order valence-corrected chi connectivity index (χ1v) is 6.12. The molecule has 1 heterocycles. The van der Waals surface area contributed by atoms with Gasteiger partial charge in [0, 0.05) is 12.7 Å². The Hall–Kier alpha value is -1.84. The van der Waals surface area contributed by atoms with Gasteiger partial charge >= 0.3 is 0 Å². The van der Waals surface area contributed by atoms with E-state index >= 15 is 0 Å². The van der Waals surface area contributed by atoms with E-state index in [2.05, 4.69) is 24.1 Å². The number of hydrogen-bond donors (Lipinski definition) is 1. The lowest BCUT2D eigenvalue weighted by Gasteiger charge is -2.11. The third-order valence-electron chi connectivity index (χ3n) is 2.58. The smallest absolute Gasteiger partial charge is 0.207 e. The molecule has 2 rings (SSSR count). The zero-order valence-corrected chi connectivity index (χ0v) is 10.9. The molecule has 96 valence electrons. The Morgan fingerprint density at radius 3 is 2.83 bits per heavy atom. The fourth-order valence-corrected chi connectivity index (χ4v) is 1.74. The Morgan fingerprint density at radius 2 is 2.17 bits per heavy atom. The molecule has 0 unspecified atom stereocenters. The van der Waals surface area contributed by atoms with E-state index in [1.165, 1.54) is 12.1 Å². The van der Waals surface area contributed by atoms with Crippen LogP contribution in [0.2, 0.25) is 0 Å². The van der Waals surface area contributed by atoms with Gasteiger partial charge in [0.25, 0.3) is 0 Å². The van der Waals surface area contributed by atoms with Crippen LogP contribution in [0.5, 0.6) is 0 Å². The van der Waals surface area contributed by atoms with Gasteiger partial charge in [0.1, 0.15) is 5.82 Å². The van der Waals surface area contributed by atoms with Gasteiger partial charge in [0.15, 0.2) is 0 Å². The van der Waals surface area contributed by atoms with Crippen LogP contribution < -0.4 is 5.32 Å². The summed E-state index contributed by atoms with van der Waals surface area (Å²) in [5.74, 6) is 1.04. The second-order valence-corrected chi connectivity index (χ2v) is 4.83. The number of rotatable bonds is 4. The minimum absolute atomic E-state index is 0.242. The molecule has 2 aromatic rings. The third-order valence-corrected chi connectivity index (χ3v) is 2.58. The highest BCUT2D eigenvalue weighted by Gasteiger charge is 2.08. The number of aromatic nitrogens is 2. The van der Waals surface area contributed by atoms with Crippen molar-refractivity contribution < 1.29 is 4.39 Å². The van der Waals surface area contributed by atoms with Gasteiger partial charge in [0.2, 0.25) is 5.95 Å². The Bertz CT molecular complexity index is 532. The molecule has 0 spiro atoms. The van der Waals surface area contributed by atoms with Crippen LogP contribution in [0.4, 0.5) is 10.3 Å². The predicted octanol–water partition coefficient (Wildman–Crippen LogP) is 3.39. The molecule has 0 bridgehead atoms. The van der Waals surface area contributed by atoms with Crippen LogP contribution in [0.15, 0.2) is 30.5 Å². The van der Waals surface area contributed by atoms with Gasteiger partial charge < -0.3 is 5.32 Å². The van der Waals surface area contributed by atoms with E-state index in [-0.39, 0.29) is 5.82 Å². The zero-order valence-electron chi connectivity index (χ0n) is 10.9. The lowest BCUT2D eigenvalue weighted by atomic mass is 10.2. The molecule has 18 heavy (non-hydrogen) atoms. The van der Waals surface area contributed by atoms with Gasteiger partial charge in [-0.3, -0.25) is 4.57 Å². The number of aryl methyl sites for hydroxylation is 1. The van der Waals surface area contributed by atoms with Gasteiger partial charge in [-0.2, -0.15) is 0 Å². The molecule has 0 saturated carbocycles. The van der Waals surface area contributed by atoms with E-state index in [9.17, 15) is 4.39 Å². The number of nitrogens with zero attached hydrogens (tertiary/aromatic N) is 2. The van der Waals surface area contributed by atoms with Crippen molar-refractivity contribution in [3.8, 4) is 5.69 Å². The van der Waals surface area contributed by atoms with Crippen LogP contribution in [0.3, 0.4) is 0 Å². The summed E-state index contributed by atoms with van der Waals surface area (Å²) in [4.78, 5) is 4.42. The first kappa shape index (κ1) is 12.6. The molecule has 0 saturated heterocycles. The average molecular weight is 247 g/mol. The van der Waals surface area contributed by atoms with Gasteiger partial charge in [-0.1, -0.05) is 19.9 Å². The van der Waals surface area contributed by atoms with Crippen molar-refractivity contribution in [3.63, 3.8) is 0 Å². The molecule has 0 aliphatic rings. The van der Waals surface area contributed by atoms with E-state index in [1.54, 1.807) is 6.07 Å². The van der Waals surface area contributed by atoms with Crippen LogP contribution in [0.1, 0.15) is 19.5 Å². The lowest BCUT2D eigenvalue weighted by Crippen LogP contribution is -2.12. The predicted molar refractivity (Wildman–Crippen MR) is 71.6 cm³/mol. The van der Waals surface area contributed by atoms with E-state index in [1.807, 2.05) is 23.8 Å². The quantitative estimate of drug-likeness (QED) is 0.897. The van der Waals surface area contributed by atoms with Gasteiger partial charge in [0.05, 0.1) is 11.4 Å². The molecule has 0 amide bonds. The number of imidazole rings is 1. The maximum atomic E-state index is 13.3. The minimum Gasteiger partial charge on any atom is -0.355 e. The molecule has 4 heteroatoms. The lowest BCUT2D eigenvalue weighted by molar-refractivity contribution is 0.626. The van der Waals surface area contributed by atoms with Crippen LogP contribution in [-0.4, -0.2) is 16.1 Å². The van der Waals surface area contributed by atoms with Crippen molar-refractivity contribution in [1.82, 2.24) is 9.55 Å². The summed E-state index contributed by atoms with van der Waals surface area (Å²) >= 11 is 0. The van der Waals surface area contributed by atoms with Crippen molar-refractivity contribution >= 4 is 5.95 Å². The summed E-state index contributed by atoms with van der Waals surface area (Å²) in [5, 5.41) is 3.28. The molecule has 0 aliphatic heterocycles. The average Bonchev–Trinajstić information content (AvgIpc) is 2.68. The second kappa shape index (κ2) is 5.21. The van der Waals surface area contributed by atoms with E-state index in [0.717, 1.165) is 23.9 Å². The van der Waals surface area contributed by atoms with Crippen molar-refractivity contribution in [3.05, 3.63) is 42.0 Å². The van der Waals surface area contributed by atoms with Crippen LogP contribution in [-0.2, 0) is 0 Å². The number of benzene rings is 1. The standard InChI is InChI=1S/C14H18FN3/c1-10(2)8-16-14-17-11(3)9-18(14)13-6-4-5-12(15)7-13/h4-7,9-10H,8H2,1-3H3,(H,16,17). The number of nitrogens with one attached hydrogen (secondary N) is 1. The summed E-state index contributed by atoms with van der Waals surface area (Å²) in [6.45, 7) is 7.03. The molecule has 0 aliphatic carbocycles. The van der Waals surface area contributed by atoms with E-state index in [0.29, 0.717) is 5.92 Å². The summed E-state index contributed by atoms with van der Waals surface area (Å²) < 4.78 is 15.1. The van der Waals surface area contributed by atoms with Crippen molar-refractivity contribution in [2.75, 3.05) is 11.9 Å². The molecule has 1 N–H and O–H groups in total. The van der Waals surface area contributed by atoms with Crippen molar-refractivity contribution in [2.24, 2.45) is 5.92 Å². The molecule has 3 nitrogen and oxygen atoms in total. The fraction of sp³-hybridized carbons (Fsp3) is 0.357. The van der Waals surface area contributed by atoms with Gasteiger partial charge in [-0.05, 0) is 31.0 Å². The largest absolute Gasteiger partial charge is 0.355 e. The zero-order chi connectivity index (χ0) is 13.1. The molecule has 0 fully saturated rings. The van der Waals surface area contributed by atoms with Gasteiger partial charge in [-0.25, -0.2) is 9.37 Å². The number of halogens is 1. The Labute approximate surface area is 107 Å². The van der Waals surface area contributed by atoms with Crippen molar-refractivity contribution in [1.29, 1.82) is 0 Å². The molecular weight excluding hydrogens is 229 g/mol. The Balaban J connectivity index is 2.32. The maximum absolute atomic E-state index is 13.3. The molecule has 0 radical (unpaired) electrons. The topological polar surface area (TPSA) is 29.9 Å². The van der Waals surface area contributed by atoms with Crippen LogP contribution >= 0.6 is 0 Å². The third kappa shape index (κ3) is 2.88. The first-order valence-electron chi connectivity index (χ1n) is 6.12. The normalized spacial score (nSPS) is 10.9. The van der Waals surface area contributed by atoms with Crippen molar-refractivity contribution in [2.45, 2.75) is 20.8 Å². The van der Waals surface area contributed by atoms with E-state index in [4.69, 9.17) is 0 Å². The SMILES string of the molecule is Cc1cn(-c2cccc(F)c2)c(NCC(C)C)n1. The van der Waals surface area contributed by atoms with E-state index < -0.39 is 0 Å².